The largest absolute Gasteiger partial charge is 0.342 e. The van der Waals surface area contributed by atoms with Crippen molar-refractivity contribution in [1.29, 1.82) is 0 Å². The second kappa shape index (κ2) is 9.60. The van der Waals surface area contributed by atoms with E-state index < -0.39 is 0 Å². The minimum absolute atomic E-state index is 0.0572. The molecular weight excluding hydrogens is 371 g/mol. The molecule has 0 aliphatic rings. The molecule has 0 saturated heterocycles. The maximum absolute atomic E-state index is 12.1. The highest BCUT2D eigenvalue weighted by molar-refractivity contribution is 6.31. The Hall–Kier alpha value is -2.04. The number of aryl methyl sites for hydroxylation is 1. The van der Waals surface area contributed by atoms with Gasteiger partial charge in [-0.1, -0.05) is 41.4 Å². The third kappa shape index (κ3) is 6.36. The van der Waals surface area contributed by atoms with Crippen LogP contribution in [0.25, 0.3) is 0 Å². The molecule has 0 bridgehead atoms. The zero-order valence-electron chi connectivity index (χ0n) is 14.9. The van der Waals surface area contributed by atoms with Crippen LogP contribution in [0.5, 0.6) is 0 Å². The number of carbonyl (C=O) groups excluding carboxylic acids is 2. The van der Waals surface area contributed by atoms with Crippen LogP contribution in [0.2, 0.25) is 10.0 Å². The number of anilines is 1. The Morgan fingerprint density at radius 3 is 2.50 bits per heavy atom. The fourth-order valence-electron chi connectivity index (χ4n) is 2.51. The van der Waals surface area contributed by atoms with E-state index in [9.17, 15) is 9.59 Å². The highest BCUT2D eigenvalue weighted by Gasteiger charge is 2.12. The highest BCUT2D eigenvalue weighted by Crippen LogP contribution is 2.20. The Labute approximate surface area is 164 Å². The van der Waals surface area contributed by atoms with Crippen LogP contribution in [0.4, 0.5) is 5.69 Å². The molecule has 0 unspecified atom stereocenters. The van der Waals surface area contributed by atoms with E-state index in [1.54, 1.807) is 17.0 Å². The second-order valence-electron chi connectivity index (χ2n) is 6.15. The van der Waals surface area contributed by atoms with E-state index in [0.29, 0.717) is 35.2 Å². The second-order valence-corrected chi connectivity index (χ2v) is 6.99. The number of amides is 2. The maximum Gasteiger partial charge on any atom is 0.226 e. The minimum Gasteiger partial charge on any atom is -0.342 e. The van der Waals surface area contributed by atoms with Crippen molar-refractivity contribution >= 4 is 40.7 Å². The van der Waals surface area contributed by atoms with Gasteiger partial charge in [0.2, 0.25) is 11.8 Å². The first kappa shape index (κ1) is 20.3. The molecule has 0 aliphatic carbocycles. The van der Waals surface area contributed by atoms with Crippen LogP contribution in [-0.4, -0.2) is 29.8 Å². The molecule has 2 aromatic rings. The van der Waals surface area contributed by atoms with Gasteiger partial charge in [-0.25, -0.2) is 0 Å². The molecule has 26 heavy (non-hydrogen) atoms. The van der Waals surface area contributed by atoms with Crippen molar-refractivity contribution in [2.24, 2.45) is 0 Å². The molecule has 1 N–H and O–H groups in total. The Morgan fingerprint density at radius 1 is 1.08 bits per heavy atom. The zero-order chi connectivity index (χ0) is 19.1. The van der Waals surface area contributed by atoms with E-state index in [1.807, 2.05) is 37.3 Å². The molecule has 2 aromatic carbocycles. The lowest BCUT2D eigenvalue weighted by atomic mass is 10.1. The number of benzene rings is 2. The van der Waals surface area contributed by atoms with E-state index in [1.165, 1.54) is 6.92 Å². The molecule has 2 rings (SSSR count). The first-order valence-corrected chi connectivity index (χ1v) is 9.16. The lowest BCUT2D eigenvalue weighted by Gasteiger charge is -2.21. The van der Waals surface area contributed by atoms with E-state index in [0.717, 1.165) is 11.1 Å². The summed E-state index contributed by atoms with van der Waals surface area (Å²) in [5.41, 5.74) is 2.66. The van der Waals surface area contributed by atoms with E-state index >= 15 is 0 Å². The number of rotatable bonds is 7. The van der Waals surface area contributed by atoms with Gasteiger partial charge >= 0.3 is 0 Å². The van der Waals surface area contributed by atoms with Gasteiger partial charge in [0.25, 0.3) is 0 Å². The van der Waals surface area contributed by atoms with Crippen LogP contribution in [0.3, 0.4) is 0 Å². The van der Waals surface area contributed by atoms with Gasteiger partial charge in [0, 0.05) is 42.2 Å². The van der Waals surface area contributed by atoms with Crippen LogP contribution in [-0.2, 0) is 16.0 Å². The average molecular weight is 393 g/mol. The fraction of sp³-hybridized carbons (Fsp3) is 0.300. The lowest BCUT2D eigenvalue weighted by molar-refractivity contribution is -0.129. The molecule has 0 spiro atoms. The van der Waals surface area contributed by atoms with Gasteiger partial charge in [-0.2, -0.15) is 0 Å². The Bertz CT molecular complexity index is 793. The summed E-state index contributed by atoms with van der Waals surface area (Å²) in [6, 6.07) is 12.9. The van der Waals surface area contributed by atoms with Gasteiger partial charge in [-0.05, 0) is 48.7 Å². The van der Waals surface area contributed by atoms with Crippen molar-refractivity contribution in [3.8, 4) is 0 Å². The predicted molar refractivity (Wildman–Crippen MR) is 107 cm³/mol. The molecule has 4 nitrogen and oxygen atoms in total. The van der Waals surface area contributed by atoms with Gasteiger partial charge in [-0.3, -0.25) is 9.59 Å². The molecule has 0 aliphatic heterocycles. The van der Waals surface area contributed by atoms with Crippen LogP contribution in [0, 0.1) is 6.92 Å². The van der Waals surface area contributed by atoms with Gasteiger partial charge in [0.15, 0.2) is 0 Å². The minimum atomic E-state index is -0.154. The Kier molecular flexibility index (Phi) is 7.49. The number of hydrogen-bond donors (Lipinski definition) is 1. The Balaban J connectivity index is 1.86. The molecule has 0 fully saturated rings. The Morgan fingerprint density at radius 2 is 1.85 bits per heavy atom. The molecule has 0 radical (unpaired) electrons. The zero-order valence-corrected chi connectivity index (χ0v) is 16.4. The number of nitrogens with one attached hydrogen (secondary N) is 1. The van der Waals surface area contributed by atoms with Gasteiger partial charge in [0.05, 0.1) is 0 Å². The molecular formula is C20H22Cl2N2O2. The van der Waals surface area contributed by atoms with Crippen molar-refractivity contribution in [2.45, 2.75) is 26.7 Å². The molecule has 2 amide bonds. The monoisotopic (exact) mass is 392 g/mol. The first-order chi connectivity index (χ1) is 12.3. The SMILES string of the molecule is CC(=O)N(CCC(=O)Nc1ccc(C)c(Cl)c1)CCc1cccc(Cl)c1. The quantitative estimate of drug-likeness (QED) is 0.740. The highest BCUT2D eigenvalue weighted by atomic mass is 35.5. The molecule has 138 valence electrons. The van der Waals surface area contributed by atoms with E-state index in [2.05, 4.69) is 5.32 Å². The summed E-state index contributed by atoms with van der Waals surface area (Å²) < 4.78 is 0. The summed E-state index contributed by atoms with van der Waals surface area (Å²) in [7, 11) is 0. The summed E-state index contributed by atoms with van der Waals surface area (Å²) >= 11 is 12.0. The molecule has 0 heterocycles. The molecule has 0 aromatic heterocycles. The van der Waals surface area contributed by atoms with Gasteiger partial charge in [-0.15, -0.1) is 0 Å². The van der Waals surface area contributed by atoms with E-state index in [4.69, 9.17) is 23.2 Å². The van der Waals surface area contributed by atoms with E-state index in [-0.39, 0.29) is 18.2 Å². The van der Waals surface area contributed by atoms with Gasteiger partial charge in [0.1, 0.15) is 0 Å². The van der Waals surface area contributed by atoms with Crippen molar-refractivity contribution in [1.82, 2.24) is 4.90 Å². The smallest absolute Gasteiger partial charge is 0.226 e. The number of halogens is 2. The lowest BCUT2D eigenvalue weighted by Crippen LogP contribution is -2.33. The fourth-order valence-corrected chi connectivity index (χ4v) is 2.91. The van der Waals surface area contributed by atoms with Crippen LogP contribution < -0.4 is 5.32 Å². The third-order valence-corrected chi connectivity index (χ3v) is 4.71. The third-order valence-electron chi connectivity index (χ3n) is 4.07. The first-order valence-electron chi connectivity index (χ1n) is 8.41. The summed E-state index contributed by atoms with van der Waals surface area (Å²) in [4.78, 5) is 25.7. The van der Waals surface area contributed by atoms with Crippen molar-refractivity contribution in [2.75, 3.05) is 18.4 Å². The summed E-state index contributed by atoms with van der Waals surface area (Å²) in [5, 5.41) is 4.09. The van der Waals surface area contributed by atoms with Gasteiger partial charge < -0.3 is 10.2 Å². The molecule has 0 saturated carbocycles. The molecule has 0 atom stereocenters. The van der Waals surface area contributed by atoms with Crippen LogP contribution in [0.1, 0.15) is 24.5 Å². The number of carbonyl (C=O) groups is 2. The predicted octanol–water partition coefficient (Wildman–Crippen LogP) is 4.72. The standard InChI is InChI=1S/C20H22Cl2N2O2/c1-14-6-7-18(13-19(14)22)23-20(26)9-11-24(15(2)25)10-8-16-4-3-5-17(21)12-16/h3-7,12-13H,8-11H2,1-2H3,(H,23,26). The topological polar surface area (TPSA) is 49.4 Å². The van der Waals surface area contributed by atoms with Crippen molar-refractivity contribution in [3.63, 3.8) is 0 Å². The van der Waals surface area contributed by atoms with Crippen LogP contribution in [0.15, 0.2) is 42.5 Å². The van der Waals surface area contributed by atoms with Crippen molar-refractivity contribution < 1.29 is 9.59 Å². The van der Waals surface area contributed by atoms with Crippen LogP contribution >= 0.6 is 23.2 Å². The summed E-state index contributed by atoms with van der Waals surface area (Å²) in [6.45, 7) is 4.31. The normalized spacial score (nSPS) is 10.5. The van der Waals surface area contributed by atoms with Crippen molar-refractivity contribution in [3.05, 3.63) is 63.6 Å². The summed E-state index contributed by atoms with van der Waals surface area (Å²) in [6.07, 6.45) is 0.913. The molecule has 6 heteroatoms. The number of nitrogens with zero attached hydrogens (tertiary/aromatic N) is 1. The summed E-state index contributed by atoms with van der Waals surface area (Å²) in [5.74, 6) is -0.211. The number of hydrogen-bond acceptors (Lipinski definition) is 2. The maximum atomic E-state index is 12.1. The average Bonchev–Trinajstić information content (AvgIpc) is 2.58.